The van der Waals surface area contributed by atoms with E-state index in [0.29, 0.717) is 12.3 Å². The molecular formula is C17H18N4O2. The average molecular weight is 310 g/mol. The Morgan fingerprint density at radius 1 is 1.39 bits per heavy atom. The first-order chi connectivity index (χ1) is 11.3. The second kappa shape index (κ2) is 5.87. The van der Waals surface area contributed by atoms with Crippen LogP contribution in [-0.2, 0) is 11.3 Å². The van der Waals surface area contributed by atoms with Crippen molar-refractivity contribution < 1.29 is 9.21 Å². The van der Waals surface area contributed by atoms with Crippen LogP contribution in [0.4, 0.5) is 5.69 Å². The Labute approximate surface area is 133 Å². The monoisotopic (exact) mass is 310 g/mol. The van der Waals surface area contributed by atoms with E-state index in [2.05, 4.69) is 15.4 Å². The molecule has 1 aliphatic carbocycles. The fourth-order valence-corrected chi connectivity index (χ4v) is 2.59. The van der Waals surface area contributed by atoms with Gasteiger partial charge in [-0.05, 0) is 43.5 Å². The highest BCUT2D eigenvalue weighted by Crippen LogP contribution is 2.40. The third-order valence-electron chi connectivity index (χ3n) is 3.96. The molecule has 0 radical (unpaired) electrons. The predicted octanol–water partition coefficient (Wildman–Crippen LogP) is 3.32. The van der Waals surface area contributed by atoms with Crippen LogP contribution in [0.15, 0.2) is 41.1 Å². The molecule has 6 nitrogen and oxygen atoms in total. The molecule has 2 heterocycles. The van der Waals surface area contributed by atoms with E-state index in [9.17, 15) is 4.79 Å². The van der Waals surface area contributed by atoms with Crippen molar-refractivity contribution in [2.45, 2.75) is 38.1 Å². The Hall–Kier alpha value is -2.63. The van der Waals surface area contributed by atoms with Gasteiger partial charge in [0.05, 0.1) is 0 Å². The topological polar surface area (TPSA) is 73.0 Å². The number of nitrogens with one attached hydrogen (secondary N) is 1. The van der Waals surface area contributed by atoms with Crippen LogP contribution in [0, 0.1) is 0 Å². The molecule has 0 atom stereocenters. The number of aryl methyl sites for hydroxylation is 1. The van der Waals surface area contributed by atoms with E-state index in [4.69, 9.17) is 4.42 Å². The summed E-state index contributed by atoms with van der Waals surface area (Å²) in [5, 5.41) is 7.04. The summed E-state index contributed by atoms with van der Waals surface area (Å²) in [5.74, 6) is 1.31. The number of carbonyl (C=O) groups is 1. The van der Waals surface area contributed by atoms with Gasteiger partial charge in [0.15, 0.2) is 11.5 Å². The Balaban J connectivity index is 1.35. The molecule has 118 valence electrons. The summed E-state index contributed by atoms with van der Waals surface area (Å²) in [7, 11) is 0. The highest BCUT2D eigenvalue weighted by atomic mass is 16.3. The second-order valence-corrected chi connectivity index (χ2v) is 5.93. The molecule has 1 N–H and O–H groups in total. The number of hydrogen-bond acceptors (Lipinski definition) is 4. The maximum absolute atomic E-state index is 12.0. The van der Waals surface area contributed by atoms with Crippen LogP contribution < -0.4 is 5.32 Å². The fourth-order valence-electron chi connectivity index (χ4n) is 2.59. The molecule has 1 fully saturated rings. The molecule has 1 saturated carbocycles. The number of amides is 1. The molecular weight excluding hydrogens is 292 g/mol. The molecule has 1 amide bonds. The molecule has 0 saturated heterocycles. The van der Waals surface area contributed by atoms with E-state index in [0.717, 1.165) is 48.5 Å². The Bertz CT molecular complexity index is 818. The maximum Gasteiger partial charge on any atom is 0.224 e. The lowest BCUT2D eigenvalue weighted by Gasteiger charge is -2.05. The molecule has 4 rings (SSSR count). The number of fused-ring (bicyclic) bond motifs is 1. The lowest BCUT2D eigenvalue weighted by atomic mass is 10.2. The normalized spacial score (nSPS) is 14.3. The van der Waals surface area contributed by atoms with Gasteiger partial charge in [-0.1, -0.05) is 0 Å². The number of benzene rings is 1. The summed E-state index contributed by atoms with van der Waals surface area (Å²) in [6.45, 7) is 0.744. The van der Waals surface area contributed by atoms with Gasteiger partial charge < -0.3 is 9.73 Å². The standard InChI is InChI=1S/C17H18N4O2/c22-16(3-1-9-21-10-2-8-18-21)19-13-6-7-15-14(11-13)20-17(23-15)12-4-5-12/h2,6-8,10-12H,1,3-5,9H2,(H,19,22). The highest BCUT2D eigenvalue weighted by molar-refractivity contribution is 5.92. The minimum atomic E-state index is 0.00224. The Kier molecular flexibility index (Phi) is 3.57. The van der Waals surface area contributed by atoms with Crippen molar-refractivity contribution in [3.63, 3.8) is 0 Å². The minimum Gasteiger partial charge on any atom is -0.440 e. The number of aromatic nitrogens is 3. The largest absolute Gasteiger partial charge is 0.440 e. The van der Waals surface area contributed by atoms with E-state index >= 15 is 0 Å². The quantitative estimate of drug-likeness (QED) is 0.758. The van der Waals surface area contributed by atoms with Crippen LogP contribution in [0.2, 0.25) is 0 Å². The molecule has 0 spiro atoms. The summed E-state index contributed by atoms with van der Waals surface area (Å²) in [4.78, 5) is 16.5. The molecule has 0 unspecified atom stereocenters. The first kappa shape index (κ1) is 14.0. The van der Waals surface area contributed by atoms with Crippen molar-refractivity contribution in [2.75, 3.05) is 5.32 Å². The first-order valence-corrected chi connectivity index (χ1v) is 7.96. The van der Waals surface area contributed by atoms with Gasteiger partial charge in [0.1, 0.15) is 5.52 Å². The van der Waals surface area contributed by atoms with Crippen LogP contribution in [0.25, 0.3) is 11.1 Å². The highest BCUT2D eigenvalue weighted by Gasteiger charge is 2.28. The van der Waals surface area contributed by atoms with E-state index in [1.54, 1.807) is 6.20 Å². The van der Waals surface area contributed by atoms with Crippen LogP contribution in [-0.4, -0.2) is 20.7 Å². The van der Waals surface area contributed by atoms with Crippen molar-refractivity contribution in [3.05, 3.63) is 42.5 Å². The average Bonchev–Trinajstić information content (AvgIpc) is 3.09. The molecule has 3 aromatic rings. The fraction of sp³-hybridized carbons (Fsp3) is 0.353. The molecule has 23 heavy (non-hydrogen) atoms. The van der Waals surface area contributed by atoms with Gasteiger partial charge in [-0.15, -0.1) is 0 Å². The van der Waals surface area contributed by atoms with Crippen LogP contribution >= 0.6 is 0 Å². The Morgan fingerprint density at radius 2 is 2.30 bits per heavy atom. The van der Waals surface area contributed by atoms with Gasteiger partial charge in [0, 0.05) is 37.0 Å². The third-order valence-corrected chi connectivity index (χ3v) is 3.96. The molecule has 0 bridgehead atoms. The molecule has 0 aliphatic heterocycles. The van der Waals surface area contributed by atoms with Gasteiger partial charge in [-0.3, -0.25) is 9.48 Å². The Morgan fingerprint density at radius 3 is 3.09 bits per heavy atom. The maximum atomic E-state index is 12.0. The number of anilines is 1. The summed E-state index contributed by atoms with van der Waals surface area (Å²) in [5.41, 5.74) is 2.35. The van der Waals surface area contributed by atoms with Crippen molar-refractivity contribution >= 4 is 22.7 Å². The third kappa shape index (κ3) is 3.26. The van der Waals surface area contributed by atoms with Crippen LogP contribution in [0.1, 0.15) is 37.5 Å². The first-order valence-electron chi connectivity index (χ1n) is 7.96. The van der Waals surface area contributed by atoms with Crippen molar-refractivity contribution in [3.8, 4) is 0 Å². The minimum absolute atomic E-state index is 0.00224. The number of oxazole rings is 1. The van der Waals surface area contributed by atoms with E-state index < -0.39 is 0 Å². The zero-order valence-electron chi connectivity index (χ0n) is 12.7. The molecule has 2 aromatic heterocycles. The zero-order valence-corrected chi connectivity index (χ0v) is 12.7. The van der Waals surface area contributed by atoms with Gasteiger partial charge in [0.25, 0.3) is 0 Å². The van der Waals surface area contributed by atoms with Crippen molar-refractivity contribution in [2.24, 2.45) is 0 Å². The van der Waals surface area contributed by atoms with Gasteiger partial charge in [-0.2, -0.15) is 5.10 Å². The smallest absolute Gasteiger partial charge is 0.224 e. The zero-order chi connectivity index (χ0) is 15.6. The van der Waals surface area contributed by atoms with Gasteiger partial charge in [0.2, 0.25) is 5.91 Å². The van der Waals surface area contributed by atoms with Crippen LogP contribution in [0.3, 0.4) is 0 Å². The summed E-state index contributed by atoms with van der Waals surface area (Å²) >= 11 is 0. The van der Waals surface area contributed by atoms with Crippen molar-refractivity contribution in [1.29, 1.82) is 0 Å². The van der Waals surface area contributed by atoms with Crippen molar-refractivity contribution in [1.82, 2.24) is 14.8 Å². The van der Waals surface area contributed by atoms with Crippen LogP contribution in [0.5, 0.6) is 0 Å². The van der Waals surface area contributed by atoms with Gasteiger partial charge in [-0.25, -0.2) is 4.98 Å². The lowest BCUT2D eigenvalue weighted by molar-refractivity contribution is -0.116. The summed E-state index contributed by atoms with van der Waals surface area (Å²) in [6.07, 6.45) is 7.17. The SMILES string of the molecule is O=C(CCCn1cccn1)Nc1ccc2oc(C3CC3)nc2c1. The number of nitrogens with zero attached hydrogens (tertiary/aromatic N) is 3. The molecule has 1 aromatic carbocycles. The number of hydrogen-bond donors (Lipinski definition) is 1. The second-order valence-electron chi connectivity index (χ2n) is 5.93. The van der Waals surface area contributed by atoms with E-state index in [1.807, 2.05) is 35.1 Å². The lowest BCUT2D eigenvalue weighted by Crippen LogP contribution is -2.12. The van der Waals surface area contributed by atoms with E-state index in [1.165, 1.54) is 0 Å². The summed E-state index contributed by atoms with van der Waals surface area (Å²) < 4.78 is 7.55. The molecule has 6 heteroatoms. The summed E-state index contributed by atoms with van der Waals surface area (Å²) in [6, 6.07) is 7.47. The van der Waals surface area contributed by atoms with Gasteiger partial charge >= 0.3 is 0 Å². The molecule has 1 aliphatic rings. The predicted molar refractivity (Wildman–Crippen MR) is 86.1 cm³/mol. The number of rotatable bonds is 6. The number of carbonyl (C=O) groups excluding carboxylic acids is 1. The van der Waals surface area contributed by atoms with E-state index in [-0.39, 0.29) is 5.91 Å².